The van der Waals surface area contributed by atoms with Crippen LogP contribution < -0.4 is 15.1 Å². The largest absolute Gasteiger partial charge is 0.371 e. The van der Waals surface area contributed by atoms with Gasteiger partial charge in [0.1, 0.15) is 0 Å². The molecular weight excluding hydrogens is 246 g/mol. The first-order valence-electron chi connectivity index (χ1n) is 8.10. The van der Waals surface area contributed by atoms with Crippen molar-refractivity contribution in [1.29, 1.82) is 0 Å². The van der Waals surface area contributed by atoms with Gasteiger partial charge in [-0.1, -0.05) is 12.1 Å². The predicted molar refractivity (Wildman–Crippen MR) is 86.8 cm³/mol. The number of anilines is 2. The van der Waals surface area contributed by atoms with Crippen molar-refractivity contribution >= 4 is 11.4 Å². The molecule has 20 heavy (non-hydrogen) atoms. The quantitative estimate of drug-likeness (QED) is 0.910. The van der Waals surface area contributed by atoms with Crippen molar-refractivity contribution < 1.29 is 0 Å². The van der Waals surface area contributed by atoms with Gasteiger partial charge in [-0.15, -0.1) is 0 Å². The fourth-order valence-corrected chi connectivity index (χ4v) is 3.54. The summed E-state index contributed by atoms with van der Waals surface area (Å²) in [5.74, 6) is 0.957. The average molecular weight is 273 g/mol. The summed E-state index contributed by atoms with van der Waals surface area (Å²) in [5, 5.41) is 3.46. The van der Waals surface area contributed by atoms with Gasteiger partial charge >= 0.3 is 0 Å². The summed E-state index contributed by atoms with van der Waals surface area (Å²) in [4.78, 5) is 4.95. The standard InChI is InChI=1S/C17H27N3/c1-19-13-14-20(17-7-3-2-6-16(17)19)12-4-5-15-8-10-18-11-9-15/h2-3,6-7,15,18H,4-5,8-14H2,1H3. The van der Waals surface area contributed by atoms with Crippen LogP contribution in [-0.2, 0) is 0 Å². The number of nitrogens with zero attached hydrogens (tertiary/aromatic N) is 2. The summed E-state index contributed by atoms with van der Waals surface area (Å²) in [7, 11) is 2.20. The molecule has 2 heterocycles. The van der Waals surface area contributed by atoms with E-state index >= 15 is 0 Å². The molecule has 0 amide bonds. The first-order valence-corrected chi connectivity index (χ1v) is 8.10. The highest BCUT2D eigenvalue weighted by molar-refractivity contribution is 5.72. The number of hydrogen-bond donors (Lipinski definition) is 1. The van der Waals surface area contributed by atoms with Crippen LogP contribution in [0.15, 0.2) is 24.3 Å². The Balaban J connectivity index is 1.54. The predicted octanol–water partition coefficient (Wildman–Crippen LogP) is 2.72. The third-order valence-corrected chi connectivity index (χ3v) is 4.84. The molecule has 0 unspecified atom stereocenters. The minimum Gasteiger partial charge on any atom is -0.371 e. The van der Waals surface area contributed by atoms with Gasteiger partial charge in [-0.3, -0.25) is 0 Å². The minimum absolute atomic E-state index is 0.957. The molecule has 3 heteroatoms. The third-order valence-electron chi connectivity index (χ3n) is 4.84. The molecule has 110 valence electrons. The Bertz CT molecular complexity index is 426. The van der Waals surface area contributed by atoms with Gasteiger partial charge in [0, 0.05) is 26.7 Å². The van der Waals surface area contributed by atoms with Gasteiger partial charge in [0.25, 0.3) is 0 Å². The van der Waals surface area contributed by atoms with Gasteiger partial charge < -0.3 is 15.1 Å². The van der Waals surface area contributed by atoms with Crippen LogP contribution in [-0.4, -0.2) is 39.8 Å². The van der Waals surface area contributed by atoms with Crippen LogP contribution in [0.3, 0.4) is 0 Å². The first-order chi connectivity index (χ1) is 9.84. The SMILES string of the molecule is CN1CCN(CCCC2CCNCC2)c2ccccc21. The fourth-order valence-electron chi connectivity index (χ4n) is 3.54. The molecule has 2 aliphatic heterocycles. The molecule has 0 aromatic heterocycles. The monoisotopic (exact) mass is 273 g/mol. The fraction of sp³-hybridized carbons (Fsp3) is 0.647. The van der Waals surface area contributed by atoms with Gasteiger partial charge in [-0.05, 0) is 56.8 Å². The van der Waals surface area contributed by atoms with E-state index in [2.05, 4.69) is 46.4 Å². The van der Waals surface area contributed by atoms with Crippen LogP contribution in [0.4, 0.5) is 11.4 Å². The molecule has 3 rings (SSSR count). The smallest absolute Gasteiger partial charge is 0.0604 e. The van der Waals surface area contributed by atoms with Crippen LogP contribution in [0.5, 0.6) is 0 Å². The van der Waals surface area contributed by atoms with Crippen molar-refractivity contribution in [1.82, 2.24) is 5.32 Å². The van der Waals surface area contributed by atoms with Gasteiger partial charge in [0.05, 0.1) is 11.4 Å². The van der Waals surface area contributed by atoms with E-state index in [0.717, 1.165) is 12.5 Å². The lowest BCUT2D eigenvalue weighted by atomic mass is 9.93. The Hall–Kier alpha value is -1.22. The second-order valence-corrected chi connectivity index (χ2v) is 6.23. The maximum atomic E-state index is 3.46. The molecule has 0 aliphatic carbocycles. The van der Waals surface area contributed by atoms with Gasteiger partial charge in [0.2, 0.25) is 0 Å². The number of hydrogen-bond acceptors (Lipinski definition) is 3. The number of fused-ring (bicyclic) bond motifs is 1. The Kier molecular flexibility index (Phi) is 4.46. The lowest BCUT2D eigenvalue weighted by molar-refractivity contribution is 0.347. The molecular formula is C17H27N3. The molecule has 1 N–H and O–H groups in total. The van der Waals surface area contributed by atoms with Crippen molar-refractivity contribution in [3.63, 3.8) is 0 Å². The highest BCUT2D eigenvalue weighted by Gasteiger charge is 2.20. The molecule has 3 nitrogen and oxygen atoms in total. The molecule has 0 radical (unpaired) electrons. The van der Waals surface area contributed by atoms with Crippen LogP contribution in [0, 0.1) is 5.92 Å². The topological polar surface area (TPSA) is 18.5 Å². The Morgan fingerprint density at radius 2 is 1.85 bits per heavy atom. The Morgan fingerprint density at radius 1 is 1.10 bits per heavy atom. The number of piperidine rings is 1. The van der Waals surface area contributed by atoms with E-state index in [0.29, 0.717) is 0 Å². The van der Waals surface area contributed by atoms with E-state index in [9.17, 15) is 0 Å². The maximum Gasteiger partial charge on any atom is 0.0604 e. The van der Waals surface area contributed by atoms with Crippen molar-refractivity contribution in [2.24, 2.45) is 5.92 Å². The van der Waals surface area contributed by atoms with Gasteiger partial charge in [0.15, 0.2) is 0 Å². The number of benzene rings is 1. The average Bonchev–Trinajstić information content (AvgIpc) is 2.51. The van der Waals surface area contributed by atoms with Crippen LogP contribution in [0.2, 0.25) is 0 Å². The molecule has 2 aliphatic rings. The maximum absolute atomic E-state index is 3.46. The van der Waals surface area contributed by atoms with Crippen LogP contribution in [0.1, 0.15) is 25.7 Å². The molecule has 1 aromatic rings. The van der Waals surface area contributed by atoms with Crippen LogP contribution >= 0.6 is 0 Å². The molecule has 0 saturated carbocycles. The molecule has 0 bridgehead atoms. The van der Waals surface area contributed by atoms with Gasteiger partial charge in [-0.25, -0.2) is 0 Å². The zero-order valence-electron chi connectivity index (χ0n) is 12.6. The summed E-state index contributed by atoms with van der Waals surface area (Å²) in [5.41, 5.74) is 2.81. The third kappa shape index (κ3) is 3.09. The summed E-state index contributed by atoms with van der Waals surface area (Å²) < 4.78 is 0. The lowest BCUT2D eigenvalue weighted by Gasteiger charge is -2.37. The summed E-state index contributed by atoms with van der Waals surface area (Å²) >= 11 is 0. The van der Waals surface area contributed by atoms with E-state index in [4.69, 9.17) is 0 Å². The van der Waals surface area contributed by atoms with Crippen LogP contribution in [0.25, 0.3) is 0 Å². The minimum atomic E-state index is 0.957. The highest BCUT2D eigenvalue weighted by Crippen LogP contribution is 2.32. The highest BCUT2D eigenvalue weighted by atomic mass is 15.2. The zero-order valence-corrected chi connectivity index (χ0v) is 12.6. The van der Waals surface area contributed by atoms with E-state index in [-0.39, 0.29) is 0 Å². The zero-order chi connectivity index (χ0) is 13.8. The molecule has 1 aromatic carbocycles. The lowest BCUT2D eigenvalue weighted by Crippen LogP contribution is -2.39. The van der Waals surface area contributed by atoms with Crippen molar-refractivity contribution in [3.8, 4) is 0 Å². The van der Waals surface area contributed by atoms with Crippen molar-refractivity contribution in [3.05, 3.63) is 24.3 Å². The molecule has 1 fully saturated rings. The molecule has 0 atom stereocenters. The Morgan fingerprint density at radius 3 is 2.65 bits per heavy atom. The summed E-state index contributed by atoms with van der Waals surface area (Å²) in [6.07, 6.45) is 5.48. The number of nitrogens with one attached hydrogen (secondary N) is 1. The second kappa shape index (κ2) is 6.49. The van der Waals surface area contributed by atoms with Gasteiger partial charge in [-0.2, -0.15) is 0 Å². The number of likely N-dealkylation sites (N-methyl/N-ethyl adjacent to an activating group) is 1. The van der Waals surface area contributed by atoms with E-state index < -0.39 is 0 Å². The van der Waals surface area contributed by atoms with Crippen molar-refractivity contribution in [2.75, 3.05) is 49.6 Å². The number of rotatable bonds is 4. The second-order valence-electron chi connectivity index (χ2n) is 6.23. The summed E-state index contributed by atoms with van der Waals surface area (Å²) in [6, 6.07) is 8.83. The Labute approximate surface area is 123 Å². The normalized spacial score (nSPS) is 20.1. The molecule has 0 spiro atoms. The van der Waals surface area contributed by atoms with E-state index in [1.54, 1.807) is 0 Å². The van der Waals surface area contributed by atoms with Crippen molar-refractivity contribution in [2.45, 2.75) is 25.7 Å². The summed E-state index contributed by atoms with van der Waals surface area (Å²) in [6.45, 7) is 5.98. The van der Waals surface area contributed by atoms with E-state index in [1.807, 2.05) is 0 Å². The van der Waals surface area contributed by atoms with E-state index in [1.165, 1.54) is 63.2 Å². The number of para-hydroxylation sites is 2. The first kappa shape index (κ1) is 13.7. The molecule has 1 saturated heterocycles.